The molecule has 2 aromatic heterocycles. The lowest BCUT2D eigenvalue weighted by Gasteiger charge is -2.24. The summed E-state index contributed by atoms with van der Waals surface area (Å²) in [6, 6.07) is 8.83. The van der Waals surface area contributed by atoms with Gasteiger partial charge in [0.25, 0.3) is 0 Å². The Morgan fingerprint density at radius 2 is 2.00 bits per heavy atom. The van der Waals surface area contributed by atoms with E-state index in [1.54, 1.807) is 28.9 Å². The summed E-state index contributed by atoms with van der Waals surface area (Å²) in [6.07, 6.45) is 0.297. The van der Waals surface area contributed by atoms with Gasteiger partial charge in [-0.25, -0.2) is 0 Å². The third-order valence-corrected chi connectivity index (χ3v) is 5.24. The number of nitrogens with zero attached hydrogens (tertiary/aromatic N) is 4. The molecule has 9 heteroatoms. The Kier molecular flexibility index (Phi) is 4.49. The highest BCUT2D eigenvalue weighted by atomic mass is 35.5. The maximum Gasteiger partial charge on any atom is 0.233 e. The van der Waals surface area contributed by atoms with Crippen LogP contribution in [-0.2, 0) is 4.79 Å². The van der Waals surface area contributed by atoms with Gasteiger partial charge in [-0.3, -0.25) is 4.79 Å². The summed E-state index contributed by atoms with van der Waals surface area (Å²) < 4.78 is 6.62. The molecule has 3 heterocycles. The number of ether oxygens (including phenoxy) is 1. The third kappa shape index (κ3) is 3.13. The van der Waals surface area contributed by atoms with E-state index in [1.165, 1.54) is 7.11 Å². The number of aryl methyl sites for hydroxylation is 1. The van der Waals surface area contributed by atoms with Crippen LogP contribution in [0.3, 0.4) is 0 Å². The maximum atomic E-state index is 12.4. The van der Waals surface area contributed by atoms with Crippen molar-refractivity contribution in [2.75, 3.05) is 12.4 Å². The van der Waals surface area contributed by atoms with Crippen LogP contribution < -0.4 is 10.1 Å². The van der Waals surface area contributed by atoms with Gasteiger partial charge in [-0.05, 0) is 30.7 Å². The first-order valence-corrected chi connectivity index (χ1v) is 8.96. The van der Waals surface area contributed by atoms with Crippen LogP contribution in [0.25, 0.3) is 5.82 Å². The van der Waals surface area contributed by atoms with Gasteiger partial charge >= 0.3 is 0 Å². The van der Waals surface area contributed by atoms with Crippen LogP contribution in [0, 0.1) is 6.92 Å². The first-order valence-electron chi connectivity index (χ1n) is 8.20. The van der Waals surface area contributed by atoms with E-state index in [0.29, 0.717) is 34.0 Å². The zero-order valence-corrected chi connectivity index (χ0v) is 16.0. The topological polar surface area (TPSA) is 81.9 Å². The molecule has 138 valence electrons. The van der Waals surface area contributed by atoms with E-state index < -0.39 is 0 Å². The van der Waals surface area contributed by atoms with E-state index in [1.807, 2.05) is 13.0 Å². The number of amides is 1. The van der Waals surface area contributed by atoms with Crippen LogP contribution in [0.5, 0.6) is 5.88 Å². The fourth-order valence-corrected chi connectivity index (χ4v) is 3.57. The van der Waals surface area contributed by atoms with Gasteiger partial charge < -0.3 is 10.1 Å². The average Bonchev–Trinajstić information content (AvgIpc) is 3.00. The van der Waals surface area contributed by atoms with E-state index in [-0.39, 0.29) is 11.8 Å². The van der Waals surface area contributed by atoms with Crippen LogP contribution in [0.4, 0.5) is 5.82 Å². The van der Waals surface area contributed by atoms with Crippen molar-refractivity contribution in [3.63, 3.8) is 0 Å². The second kappa shape index (κ2) is 6.83. The number of methoxy groups -OCH3 is 1. The van der Waals surface area contributed by atoms with Crippen LogP contribution >= 0.6 is 23.2 Å². The highest BCUT2D eigenvalue weighted by molar-refractivity contribution is 6.42. The molecule has 1 aliphatic heterocycles. The molecule has 0 fully saturated rings. The van der Waals surface area contributed by atoms with E-state index in [9.17, 15) is 4.79 Å². The first-order chi connectivity index (χ1) is 13.0. The van der Waals surface area contributed by atoms with Crippen LogP contribution in [0.2, 0.25) is 10.0 Å². The van der Waals surface area contributed by atoms with Gasteiger partial charge in [-0.15, -0.1) is 10.2 Å². The molecule has 0 saturated heterocycles. The molecule has 7 nitrogen and oxygen atoms in total. The van der Waals surface area contributed by atoms with Crippen LogP contribution in [-0.4, -0.2) is 33.0 Å². The number of carbonyl (C=O) groups excluding carboxylic acids is 1. The van der Waals surface area contributed by atoms with Gasteiger partial charge in [0.2, 0.25) is 11.8 Å². The Balaban J connectivity index is 1.83. The lowest BCUT2D eigenvalue weighted by Crippen LogP contribution is -2.25. The number of fused-ring (bicyclic) bond motifs is 1. The van der Waals surface area contributed by atoms with Crippen molar-refractivity contribution in [3.8, 4) is 11.7 Å². The van der Waals surface area contributed by atoms with Crippen LogP contribution in [0.1, 0.15) is 29.2 Å². The summed E-state index contributed by atoms with van der Waals surface area (Å²) in [5.74, 6) is 1.17. The van der Waals surface area contributed by atoms with Gasteiger partial charge in [0.1, 0.15) is 5.82 Å². The number of aromatic nitrogens is 4. The number of halogens is 2. The van der Waals surface area contributed by atoms with Gasteiger partial charge in [-0.2, -0.15) is 9.78 Å². The van der Waals surface area contributed by atoms with Gasteiger partial charge in [0.15, 0.2) is 5.82 Å². The smallest absolute Gasteiger partial charge is 0.233 e. The predicted molar refractivity (Wildman–Crippen MR) is 102 cm³/mol. The van der Waals surface area contributed by atoms with Crippen molar-refractivity contribution in [2.45, 2.75) is 19.3 Å². The molecule has 0 aliphatic carbocycles. The summed E-state index contributed by atoms with van der Waals surface area (Å²) in [5, 5.41) is 16.5. The van der Waals surface area contributed by atoms with Crippen molar-refractivity contribution in [3.05, 3.63) is 57.2 Å². The quantitative estimate of drug-likeness (QED) is 0.719. The number of carbonyl (C=O) groups is 1. The third-order valence-electron chi connectivity index (χ3n) is 4.50. The molecule has 0 saturated carbocycles. The molecule has 3 aromatic rings. The minimum absolute atomic E-state index is 0.110. The molecule has 1 amide bonds. The number of hydrogen-bond donors (Lipinski definition) is 1. The first kappa shape index (κ1) is 17.8. The van der Waals surface area contributed by atoms with E-state index in [4.69, 9.17) is 27.9 Å². The van der Waals surface area contributed by atoms with E-state index >= 15 is 0 Å². The SMILES string of the molecule is COc1ccc(-n2nc(C)c3c2NC(=O)C[C@H]3c2ccc(Cl)c(Cl)c2)nn1. The number of hydrogen-bond acceptors (Lipinski definition) is 5. The molecule has 4 rings (SSSR count). The minimum Gasteiger partial charge on any atom is -0.480 e. The lowest BCUT2D eigenvalue weighted by molar-refractivity contribution is -0.116. The molecule has 0 spiro atoms. The van der Waals surface area contributed by atoms with Crippen molar-refractivity contribution in [1.29, 1.82) is 0 Å². The molecule has 1 aliphatic rings. The predicted octanol–water partition coefficient (Wildman–Crippen LogP) is 3.76. The molecule has 1 aromatic carbocycles. The molecule has 0 bridgehead atoms. The summed E-state index contributed by atoms with van der Waals surface area (Å²) in [5.41, 5.74) is 2.62. The summed E-state index contributed by atoms with van der Waals surface area (Å²) >= 11 is 12.2. The fourth-order valence-electron chi connectivity index (χ4n) is 3.26. The maximum absolute atomic E-state index is 12.4. The summed E-state index contributed by atoms with van der Waals surface area (Å²) in [6.45, 7) is 1.90. The number of nitrogens with one attached hydrogen (secondary N) is 1. The molecule has 27 heavy (non-hydrogen) atoms. The minimum atomic E-state index is -0.177. The molecule has 1 atom stereocenters. The highest BCUT2D eigenvalue weighted by Gasteiger charge is 2.33. The second-order valence-corrected chi connectivity index (χ2v) is 6.99. The summed E-state index contributed by atoms with van der Waals surface area (Å²) in [7, 11) is 1.52. The van der Waals surface area contributed by atoms with Gasteiger partial charge in [-0.1, -0.05) is 29.3 Å². The monoisotopic (exact) mass is 403 g/mol. The Morgan fingerprint density at radius 3 is 2.67 bits per heavy atom. The largest absolute Gasteiger partial charge is 0.480 e. The van der Waals surface area contributed by atoms with Crippen molar-refractivity contribution >= 4 is 34.9 Å². The number of benzene rings is 1. The molecular formula is C18H15Cl2N5O2. The van der Waals surface area contributed by atoms with Crippen molar-refractivity contribution in [2.24, 2.45) is 0 Å². The van der Waals surface area contributed by atoms with Crippen molar-refractivity contribution < 1.29 is 9.53 Å². The normalized spacial score (nSPS) is 16.0. The highest BCUT2D eigenvalue weighted by Crippen LogP contribution is 2.41. The van der Waals surface area contributed by atoms with Crippen LogP contribution in [0.15, 0.2) is 30.3 Å². The Hall–Kier alpha value is -2.64. The van der Waals surface area contributed by atoms with Gasteiger partial charge in [0, 0.05) is 24.0 Å². The number of rotatable bonds is 3. The molecule has 0 radical (unpaired) electrons. The fraction of sp³-hybridized carbons (Fsp3) is 0.222. The molecule has 1 N–H and O–H groups in total. The van der Waals surface area contributed by atoms with E-state index in [2.05, 4.69) is 20.6 Å². The molecular weight excluding hydrogens is 389 g/mol. The lowest BCUT2D eigenvalue weighted by atomic mass is 9.86. The van der Waals surface area contributed by atoms with Crippen molar-refractivity contribution in [1.82, 2.24) is 20.0 Å². The van der Waals surface area contributed by atoms with Gasteiger partial charge in [0.05, 0.1) is 22.8 Å². The Labute approximate surface area is 165 Å². The molecule has 0 unspecified atom stereocenters. The zero-order chi connectivity index (χ0) is 19.1. The Morgan fingerprint density at radius 1 is 1.19 bits per heavy atom. The number of anilines is 1. The zero-order valence-electron chi connectivity index (χ0n) is 14.5. The summed E-state index contributed by atoms with van der Waals surface area (Å²) in [4.78, 5) is 12.4. The second-order valence-electron chi connectivity index (χ2n) is 6.17. The average molecular weight is 404 g/mol. The van der Waals surface area contributed by atoms with E-state index in [0.717, 1.165) is 16.8 Å². The standard InChI is InChI=1S/C18H15Cl2N5O2/c1-9-17-11(10-3-4-12(19)13(20)7-10)8-15(26)21-18(17)25(24-9)14-5-6-16(27-2)23-22-14/h3-7,11H,8H2,1-2H3,(H,21,26)/t11-/m0/s1. The Bertz CT molecular complexity index is 1030.